The monoisotopic (exact) mass is 345 g/mol. The van der Waals surface area contributed by atoms with Gasteiger partial charge in [-0.25, -0.2) is 9.78 Å². The highest BCUT2D eigenvalue weighted by atomic mass is 32.1. The number of esters is 1. The Balaban J connectivity index is 1.55. The average molecular weight is 345 g/mol. The molecule has 0 fully saturated rings. The lowest BCUT2D eigenvalue weighted by Gasteiger charge is -2.09. The van der Waals surface area contributed by atoms with Crippen LogP contribution in [0.25, 0.3) is 21.3 Å². The maximum atomic E-state index is 12.6. The van der Waals surface area contributed by atoms with Gasteiger partial charge in [0.15, 0.2) is 0 Å². The lowest BCUT2D eigenvalue weighted by molar-refractivity contribution is 0.0473. The van der Waals surface area contributed by atoms with E-state index in [-0.39, 0.29) is 12.6 Å². The van der Waals surface area contributed by atoms with Crippen molar-refractivity contribution in [3.8, 4) is 11.1 Å². The fraction of sp³-hybridized carbons (Fsp3) is 0.0476. The second-order valence-corrected chi connectivity index (χ2v) is 6.68. The number of carbonyl (C=O) groups is 1. The minimum Gasteiger partial charge on any atom is -0.455 e. The van der Waals surface area contributed by atoms with Crippen molar-refractivity contribution in [2.75, 3.05) is 0 Å². The number of hydrogen-bond acceptors (Lipinski definition) is 4. The van der Waals surface area contributed by atoms with Crippen molar-refractivity contribution in [2.45, 2.75) is 6.61 Å². The van der Waals surface area contributed by atoms with Crippen molar-refractivity contribution in [1.29, 1.82) is 0 Å². The van der Waals surface area contributed by atoms with Crippen molar-refractivity contribution >= 4 is 27.5 Å². The Hall–Kier alpha value is -2.98. The highest BCUT2D eigenvalue weighted by Gasteiger charge is 2.14. The molecule has 122 valence electrons. The van der Waals surface area contributed by atoms with E-state index in [1.54, 1.807) is 17.4 Å². The topological polar surface area (TPSA) is 39.2 Å². The third-order valence-corrected chi connectivity index (χ3v) is 4.91. The van der Waals surface area contributed by atoms with Crippen LogP contribution in [0.5, 0.6) is 0 Å². The minimum atomic E-state index is -0.335. The minimum absolute atomic E-state index is 0.182. The highest BCUT2D eigenvalue weighted by Crippen LogP contribution is 2.25. The number of aromatic nitrogens is 1. The third kappa shape index (κ3) is 3.30. The second-order valence-electron chi connectivity index (χ2n) is 5.56. The van der Waals surface area contributed by atoms with E-state index in [0.29, 0.717) is 5.56 Å². The summed E-state index contributed by atoms with van der Waals surface area (Å²) < 4.78 is 6.61. The summed E-state index contributed by atoms with van der Waals surface area (Å²) in [4.78, 5) is 17.1. The van der Waals surface area contributed by atoms with E-state index in [1.807, 2.05) is 72.8 Å². The van der Waals surface area contributed by atoms with Gasteiger partial charge in [-0.3, -0.25) is 0 Å². The zero-order valence-corrected chi connectivity index (χ0v) is 14.2. The van der Waals surface area contributed by atoms with E-state index in [9.17, 15) is 4.79 Å². The first kappa shape index (κ1) is 15.5. The predicted molar refractivity (Wildman–Crippen MR) is 101 cm³/mol. The van der Waals surface area contributed by atoms with E-state index < -0.39 is 0 Å². The standard InChI is InChI=1S/C21H15NO2S/c23-21(24-14-20-22-18-12-6-7-13-19(18)25-20)17-11-5-4-10-16(17)15-8-2-1-3-9-15/h1-13H,14H2. The van der Waals surface area contributed by atoms with Crippen LogP contribution in [0.15, 0.2) is 78.9 Å². The van der Waals surface area contributed by atoms with Gasteiger partial charge in [-0.1, -0.05) is 60.7 Å². The Bertz CT molecular complexity index is 991. The molecule has 0 atom stereocenters. The van der Waals surface area contributed by atoms with Crippen LogP contribution < -0.4 is 0 Å². The molecule has 3 nitrogen and oxygen atoms in total. The third-order valence-electron chi connectivity index (χ3n) is 3.90. The van der Waals surface area contributed by atoms with E-state index >= 15 is 0 Å². The largest absolute Gasteiger partial charge is 0.455 e. The van der Waals surface area contributed by atoms with Crippen molar-refractivity contribution in [3.63, 3.8) is 0 Å². The maximum absolute atomic E-state index is 12.6. The molecule has 0 N–H and O–H groups in total. The van der Waals surface area contributed by atoms with E-state index in [1.165, 1.54) is 0 Å². The number of rotatable bonds is 4. The lowest BCUT2D eigenvalue weighted by Crippen LogP contribution is -2.06. The van der Waals surface area contributed by atoms with E-state index in [4.69, 9.17) is 4.74 Å². The Morgan fingerprint density at radius 1 is 0.880 bits per heavy atom. The van der Waals surface area contributed by atoms with Gasteiger partial charge in [0.25, 0.3) is 0 Å². The summed E-state index contributed by atoms with van der Waals surface area (Å²) in [6.07, 6.45) is 0. The van der Waals surface area contributed by atoms with Gasteiger partial charge in [-0.05, 0) is 29.3 Å². The molecule has 0 unspecified atom stereocenters. The molecule has 4 rings (SSSR count). The van der Waals surface area contributed by atoms with Crippen molar-refractivity contribution in [1.82, 2.24) is 4.98 Å². The molecule has 1 heterocycles. The second kappa shape index (κ2) is 6.87. The van der Waals surface area contributed by atoms with Gasteiger partial charge in [-0.15, -0.1) is 11.3 Å². The van der Waals surface area contributed by atoms with E-state index in [2.05, 4.69) is 4.98 Å². The molecule has 0 radical (unpaired) electrons. The molecule has 0 amide bonds. The van der Waals surface area contributed by atoms with Crippen LogP contribution >= 0.6 is 11.3 Å². The number of thiazole rings is 1. The summed E-state index contributed by atoms with van der Waals surface area (Å²) in [5.41, 5.74) is 3.37. The Kier molecular flexibility index (Phi) is 4.27. The summed E-state index contributed by atoms with van der Waals surface area (Å²) >= 11 is 1.55. The molecule has 0 aliphatic rings. The molecular weight excluding hydrogens is 330 g/mol. The quantitative estimate of drug-likeness (QED) is 0.470. The highest BCUT2D eigenvalue weighted by molar-refractivity contribution is 7.18. The molecule has 0 saturated carbocycles. The van der Waals surface area contributed by atoms with Gasteiger partial charge in [0.1, 0.15) is 11.6 Å². The first-order valence-corrected chi connectivity index (χ1v) is 8.79. The Labute approximate surface area is 149 Å². The van der Waals surface area contributed by atoms with Gasteiger partial charge in [-0.2, -0.15) is 0 Å². The molecule has 4 heteroatoms. The molecule has 1 aromatic heterocycles. The maximum Gasteiger partial charge on any atom is 0.339 e. The Morgan fingerprint density at radius 3 is 2.44 bits per heavy atom. The van der Waals surface area contributed by atoms with Gasteiger partial charge in [0.2, 0.25) is 0 Å². The van der Waals surface area contributed by atoms with Crippen LogP contribution in [-0.2, 0) is 11.3 Å². The zero-order chi connectivity index (χ0) is 17.1. The molecule has 0 saturated heterocycles. The normalized spacial score (nSPS) is 10.7. The summed E-state index contributed by atoms with van der Waals surface area (Å²) in [5.74, 6) is -0.335. The lowest BCUT2D eigenvalue weighted by atomic mass is 10.00. The summed E-state index contributed by atoms with van der Waals surface area (Å²) in [6.45, 7) is 0.182. The van der Waals surface area contributed by atoms with Gasteiger partial charge >= 0.3 is 5.97 Å². The fourth-order valence-corrected chi connectivity index (χ4v) is 3.60. The SMILES string of the molecule is O=C(OCc1nc2ccccc2s1)c1ccccc1-c1ccccc1. The fourth-order valence-electron chi connectivity index (χ4n) is 2.72. The van der Waals surface area contributed by atoms with Crippen LogP contribution in [0, 0.1) is 0 Å². The number of hydrogen-bond donors (Lipinski definition) is 0. The number of nitrogens with zero attached hydrogens (tertiary/aromatic N) is 1. The van der Waals surface area contributed by atoms with Crippen molar-refractivity contribution in [2.24, 2.45) is 0 Å². The summed E-state index contributed by atoms with van der Waals surface area (Å²) in [7, 11) is 0. The molecule has 25 heavy (non-hydrogen) atoms. The summed E-state index contributed by atoms with van der Waals surface area (Å²) in [6, 6.07) is 25.2. The number of carbonyl (C=O) groups excluding carboxylic acids is 1. The van der Waals surface area contributed by atoms with Gasteiger partial charge in [0.05, 0.1) is 15.8 Å². The van der Waals surface area contributed by atoms with Gasteiger partial charge < -0.3 is 4.74 Å². The molecular formula is C21H15NO2S. The molecule has 3 aromatic carbocycles. The first-order valence-electron chi connectivity index (χ1n) is 7.97. The van der Waals surface area contributed by atoms with Gasteiger partial charge in [0, 0.05) is 0 Å². The van der Waals surface area contributed by atoms with E-state index in [0.717, 1.165) is 26.4 Å². The number of benzene rings is 3. The van der Waals surface area contributed by atoms with Crippen LogP contribution in [0.4, 0.5) is 0 Å². The van der Waals surface area contributed by atoms with Crippen LogP contribution in [0.1, 0.15) is 15.4 Å². The zero-order valence-electron chi connectivity index (χ0n) is 13.4. The number of para-hydroxylation sites is 1. The molecule has 0 aliphatic carbocycles. The van der Waals surface area contributed by atoms with Crippen LogP contribution in [0.2, 0.25) is 0 Å². The average Bonchev–Trinajstić information content (AvgIpc) is 3.10. The number of ether oxygens (including phenoxy) is 1. The van der Waals surface area contributed by atoms with Crippen LogP contribution in [0.3, 0.4) is 0 Å². The smallest absolute Gasteiger partial charge is 0.339 e. The summed E-state index contributed by atoms with van der Waals surface area (Å²) in [5, 5.41) is 0.798. The first-order chi connectivity index (χ1) is 12.3. The van der Waals surface area contributed by atoms with Crippen molar-refractivity contribution < 1.29 is 9.53 Å². The molecule has 0 spiro atoms. The number of fused-ring (bicyclic) bond motifs is 1. The molecule has 0 bridgehead atoms. The van der Waals surface area contributed by atoms with Crippen molar-refractivity contribution in [3.05, 3.63) is 89.4 Å². The van der Waals surface area contributed by atoms with Crippen LogP contribution in [-0.4, -0.2) is 11.0 Å². The molecule has 0 aliphatic heterocycles. The Morgan fingerprint density at radius 2 is 1.60 bits per heavy atom. The predicted octanol–water partition coefficient (Wildman–Crippen LogP) is 5.32. The molecule has 4 aromatic rings.